The lowest BCUT2D eigenvalue weighted by molar-refractivity contribution is 0.0822. The highest BCUT2D eigenvalue weighted by atomic mass is 16.3. The molecule has 0 saturated carbocycles. The predicted molar refractivity (Wildman–Crippen MR) is 204 cm³/mol. The van der Waals surface area contributed by atoms with Crippen LogP contribution in [-0.4, -0.2) is 88.3 Å². The number of pyridine rings is 1. The average molecular weight is 710 g/mol. The summed E-state index contributed by atoms with van der Waals surface area (Å²) in [6.45, 7) is 4.34. The fourth-order valence-corrected chi connectivity index (χ4v) is 7.66. The molecule has 0 saturated heterocycles. The molecule has 0 radical (unpaired) electrons. The first-order valence-corrected chi connectivity index (χ1v) is 18.3. The molecular weight excluding hydrogens is 667 g/mol. The van der Waals surface area contributed by atoms with E-state index in [0.717, 1.165) is 59.8 Å². The molecule has 270 valence electrons. The number of furan rings is 1. The van der Waals surface area contributed by atoms with Crippen molar-refractivity contribution in [2.75, 3.05) is 39.3 Å². The highest BCUT2D eigenvalue weighted by molar-refractivity contribution is 6.09. The van der Waals surface area contributed by atoms with E-state index in [2.05, 4.69) is 61.8 Å². The van der Waals surface area contributed by atoms with E-state index in [1.165, 1.54) is 22.3 Å². The number of rotatable bonds is 11. The number of hydrogen-bond acceptors (Lipinski definition) is 8. The van der Waals surface area contributed by atoms with E-state index in [9.17, 15) is 19.8 Å². The molecule has 0 aliphatic carbocycles. The second-order valence-corrected chi connectivity index (χ2v) is 14.2. The van der Waals surface area contributed by atoms with Gasteiger partial charge in [0.25, 0.3) is 11.8 Å². The van der Waals surface area contributed by atoms with Crippen LogP contribution in [0.1, 0.15) is 43.3 Å². The molecule has 4 heterocycles. The quantitative estimate of drug-likeness (QED) is 0.149. The Kier molecular flexibility index (Phi) is 10.0. The second kappa shape index (κ2) is 15.3. The molecule has 10 heteroatoms. The Morgan fingerprint density at radius 3 is 2.08 bits per heavy atom. The zero-order valence-corrected chi connectivity index (χ0v) is 29.5. The fraction of sp³-hybridized carbons (Fsp3) is 0.279. The van der Waals surface area contributed by atoms with Gasteiger partial charge in [-0.15, -0.1) is 0 Å². The third-order valence-corrected chi connectivity index (χ3v) is 10.4. The lowest BCUT2D eigenvalue weighted by Gasteiger charge is -2.30. The van der Waals surface area contributed by atoms with Crippen LogP contribution in [0.2, 0.25) is 0 Å². The lowest BCUT2D eigenvalue weighted by Crippen LogP contribution is -2.42. The SMILES string of the molecule is O=C(NC[C@H](O)CN1CCc2cc(-c3cnc(C(=O)NC[C@H](O)CN4CCc5ccccc5C4)c4ccccc34)ccc2C1)c1cc2ccccc2o1. The molecule has 53 heavy (non-hydrogen) atoms. The molecule has 0 bridgehead atoms. The summed E-state index contributed by atoms with van der Waals surface area (Å²) >= 11 is 0. The number of carbonyl (C=O) groups is 2. The number of aliphatic hydroxyl groups excluding tert-OH is 2. The van der Waals surface area contributed by atoms with Crippen molar-refractivity contribution >= 4 is 33.6 Å². The minimum Gasteiger partial charge on any atom is -0.451 e. The van der Waals surface area contributed by atoms with Crippen LogP contribution in [0.5, 0.6) is 0 Å². The van der Waals surface area contributed by atoms with Gasteiger partial charge in [-0.2, -0.15) is 0 Å². The monoisotopic (exact) mass is 709 g/mol. The van der Waals surface area contributed by atoms with Crippen LogP contribution >= 0.6 is 0 Å². The highest BCUT2D eigenvalue weighted by Gasteiger charge is 2.23. The second-order valence-electron chi connectivity index (χ2n) is 14.2. The molecule has 0 unspecified atom stereocenters. The van der Waals surface area contributed by atoms with Gasteiger partial charge in [-0.3, -0.25) is 19.4 Å². The molecule has 0 fully saturated rings. The molecule has 10 nitrogen and oxygen atoms in total. The summed E-state index contributed by atoms with van der Waals surface area (Å²) in [5.74, 6) is -0.424. The van der Waals surface area contributed by atoms with Crippen molar-refractivity contribution in [3.05, 3.63) is 137 Å². The zero-order chi connectivity index (χ0) is 36.3. The normalized spacial score (nSPS) is 15.8. The van der Waals surface area contributed by atoms with Crippen molar-refractivity contribution in [3.8, 4) is 11.1 Å². The summed E-state index contributed by atoms with van der Waals surface area (Å²) < 4.78 is 5.64. The van der Waals surface area contributed by atoms with Gasteiger partial charge in [0.2, 0.25) is 0 Å². The lowest BCUT2D eigenvalue weighted by atomic mass is 9.92. The highest BCUT2D eigenvalue weighted by Crippen LogP contribution is 2.32. The topological polar surface area (TPSA) is 131 Å². The molecule has 2 atom stereocenters. The Morgan fingerprint density at radius 1 is 0.698 bits per heavy atom. The van der Waals surface area contributed by atoms with Crippen LogP contribution in [0.4, 0.5) is 0 Å². The Balaban J connectivity index is 0.872. The molecule has 8 rings (SSSR count). The minimum atomic E-state index is -0.728. The maximum Gasteiger partial charge on any atom is 0.287 e. The van der Waals surface area contributed by atoms with Crippen molar-refractivity contribution in [1.29, 1.82) is 0 Å². The number of carbonyl (C=O) groups excluding carboxylic acids is 2. The maximum absolute atomic E-state index is 13.4. The van der Waals surface area contributed by atoms with Crippen molar-refractivity contribution in [2.24, 2.45) is 0 Å². The molecule has 4 aromatic carbocycles. The van der Waals surface area contributed by atoms with Gasteiger partial charge in [0.1, 0.15) is 11.3 Å². The van der Waals surface area contributed by atoms with Gasteiger partial charge in [-0.05, 0) is 58.2 Å². The molecule has 2 aliphatic rings. The van der Waals surface area contributed by atoms with Crippen LogP contribution < -0.4 is 10.6 Å². The molecule has 4 N–H and O–H groups in total. The van der Waals surface area contributed by atoms with E-state index >= 15 is 0 Å². The number of β-amino-alcohol motifs (C(OH)–C–C–N with tert-alkyl or cyclic N) is 2. The molecular formula is C43H43N5O5. The number of aliphatic hydroxyl groups is 2. The molecule has 2 aliphatic heterocycles. The predicted octanol–water partition coefficient (Wildman–Crippen LogP) is 4.95. The summed E-state index contributed by atoms with van der Waals surface area (Å²) in [5, 5.41) is 29.8. The van der Waals surface area contributed by atoms with Gasteiger partial charge < -0.3 is 25.3 Å². The van der Waals surface area contributed by atoms with Crippen LogP contribution in [0.15, 0.2) is 108 Å². The largest absolute Gasteiger partial charge is 0.451 e. The van der Waals surface area contributed by atoms with Crippen LogP contribution in [0, 0.1) is 0 Å². The van der Waals surface area contributed by atoms with Crippen LogP contribution in [0.25, 0.3) is 32.9 Å². The van der Waals surface area contributed by atoms with Gasteiger partial charge in [0.05, 0.1) is 12.2 Å². The first-order chi connectivity index (χ1) is 25.9. The summed E-state index contributed by atoms with van der Waals surface area (Å²) in [7, 11) is 0. The third-order valence-electron chi connectivity index (χ3n) is 10.4. The van der Waals surface area contributed by atoms with Gasteiger partial charge in [0, 0.05) is 74.9 Å². The molecule has 2 aromatic heterocycles. The number of nitrogens with zero attached hydrogens (tertiary/aromatic N) is 3. The number of amides is 2. The Bertz CT molecular complexity index is 2250. The third kappa shape index (κ3) is 7.72. The standard InChI is InChI=1S/C43H43N5O5/c49-34(21-45-42(51)40-20-31-8-3-6-12-39(31)53-40)26-48-18-16-29-19-30(13-14-33(29)25-48)38-23-44-41(37-11-5-4-10-36(37)38)43(52)46-22-35(50)27-47-17-15-28-7-1-2-9-32(28)24-47/h1-14,19-20,23,34-35,49-50H,15-18,21-22,24-27H2,(H,45,51)(H,46,52)/t34-,35-/m0/s1. The smallest absolute Gasteiger partial charge is 0.287 e. The number of hydrogen-bond donors (Lipinski definition) is 4. The minimum absolute atomic E-state index is 0.126. The average Bonchev–Trinajstić information content (AvgIpc) is 3.63. The fourth-order valence-electron chi connectivity index (χ4n) is 7.66. The van der Waals surface area contributed by atoms with E-state index in [-0.39, 0.29) is 30.7 Å². The summed E-state index contributed by atoms with van der Waals surface area (Å²) in [6.07, 6.45) is 2.12. The van der Waals surface area contributed by atoms with Gasteiger partial charge in [0.15, 0.2) is 5.76 Å². The van der Waals surface area contributed by atoms with E-state index in [4.69, 9.17) is 4.42 Å². The zero-order valence-electron chi connectivity index (χ0n) is 29.5. The number of para-hydroxylation sites is 1. The number of fused-ring (bicyclic) bond motifs is 4. The molecule has 6 aromatic rings. The number of nitrogens with one attached hydrogen (secondary N) is 2. The first kappa shape index (κ1) is 34.7. The summed E-state index contributed by atoms with van der Waals surface area (Å²) in [5.41, 5.74) is 8.06. The van der Waals surface area contributed by atoms with E-state index in [1.54, 1.807) is 12.3 Å². The van der Waals surface area contributed by atoms with Gasteiger partial charge >= 0.3 is 0 Å². The Morgan fingerprint density at radius 2 is 1.32 bits per heavy atom. The van der Waals surface area contributed by atoms with E-state index < -0.39 is 12.2 Å². The Hall–Kier alpha value is -5.39. The van der Waals surface area contributed by atoms with E-state index in [0.29, 0.717) is 30.9 Å². The molecule has 0 spiro atoms. The van der Waals surface area contributed by atoms with Gasteiger partial charge in [-0.1, -0.05) is 84.9 Å². The van der Waals surface area contributed by atoms with Crippen molar-refractivity contribution in [3.63, 3.8) is 0 Å². The van der Waals surface area contributed by atoms with Crippen molar-refractivity contribution in [2.45, 2.75) is 38.1 Å². The first-order valence-electron chi connectivity index (χ1n) is 18.3. The maximum atomic E-state index is 13.4. The summed E-state index contributed by atoms with van der Waals surface area (Å²) in [4.78, 5) is 35.1. The van der Waals surface area contributed by atoms with Crippen molar-refractivity contribution < 1.29 is 24.2 Å². The van der Waals surface area contributed by atoms with E-state index in [1.807, 2.05) is 54.6 Å². The van der Waals surface area contributed by atoms with Gasteiger partial charge in [-0.25, -0.2) is 4.98 Å². The number of benzene rings is 4. The van der Waals surface area contributed by atoms with Crippen LogP contribution in [0.3, 0.4) is 0 Å². The van der Waals surface area contributed by atoms with Crippen molar-refractivity contribution in [1.82, 2.24) is 25.4 Å². The Labute approximate surface area is 308 Å². The summed E-state index contributed by atoms with van der Waals surface area (Å²) in [6, 6.07) is 31.8. The molecule has 2 amide bonds. The van der Waals surface area contributed by atoms with Crippen LogP contribution in [-0.2, 0) is 25.9 Å². The number of aromatic nitrogens is 1.